The molecule has 4 rings (SSSR count). The number of carbonyl (C=O) groups excluding carboxylic acids is 1. The number of nitrogens with zero attached hydrogens (tertiary/aromatic N) is 5. The lowest BCUT2D eigenvalue weighted by atomic mass is 9.72. The zero-order valence-electron chi connectivity index (χ0n) is 15.9. The molecule has 0 N–H and O–H groups in total. The second-order valence-corrected chi connectivity index (χ2v) is 8.22. The van der Waals surface area contributed by atoms with Crippen molar-refractivity contribution in [1.82, 2.24) is 24.6 Å². The largest absolute Gasteiger partial charge is 0.376 e. The standard InChI is InChI=1S/C19H31N5O2/c1-2-23-15-20-21-17(23)13-22-9-7-19(8-10-22)6-5-18(25)24(14-19)12-16-4-3-11-26-16/h15-16H,2-14H2,1H3. The SMILES string of the molecule is CCn1cnnc1CN1CCC2(CCC(=O)N(CC3CCCO3)C2)CC1. The number of amides is 1. The van der Waals surface area contributed by atoms with E-state index in [9.17, 15) is 4.79 Å². The third-order valence-electron chi connectivity index (χ3n) is 6.51. The van der Waals surface area contributed by atoms with Crippen molar-refractivity contribution in [2.45, 2.75) is 64.6 Å². The summed E-state index contributed by atoms with van der Waals surface area (Å²) in [5.74, 6) is 1.38. The van der Waals surface area contributed by atoms with Crippen molar-refractivity contribution in [2.75, 3.05) is 32.8 Å². The first-order valence-electron chi connectivity index (χ1n) is 10.2. The predicted molar refractivity (Wildman–Crippen MR) is 97.4 cm³/mol. The van der Waals surface area contributed by atoms with Gasteiger partial charge in [-0.3, -0.25) is 9.69 Å². The van der Waals surface area contributed by atoms with Crippen molar-refractivity contribution in [3.63, 3.8) is 0 Å². The monoisotopic (exact) mass is 361 g/mol. The molecule has 3 aliphatic rings. The predicted octanol–water partition coefficient (Wildman–Crippen LogP) is 1.68. The van der Waals surface area contributed by atoms with Crippen molar-refractivity contribution in [1.29, 1.82) is 0 Å². The van der Waals surface area contributed by atoms with Crippen LogP contribution in [-0.4, -0.2) is 69.4 Å². The minimum absolute atomic E-state index is 0.259. The molecule has 3 fully saturated rings. The van der Waals surface area contributed by atoms with E-state index in [2.05, 4.69) is 31.5 Å². The van der Waals surface area contributed by atoms with Crippen molar-refractivity contribution in [3.05, 3.63) is 12.2 Å². The quantitative estimate of drug-likeness (QED) is 0.798. The summed E-state index contributed by atoms with van der Waals surface area (Å²) < 4.78 is 7.88. The number of piperidine rings is 2. The molecule has 0 bridgehead atoms. The Morgan fingerprint density at radius 1 is 1.31 bits per heavy atom. The van der Waals surface area contributed by atoms with Crippen LogP contribution in [0.1, 0.15) is 51.3 Å². The van der Waals surface area contributed by atoms with Crippen LogP contribution in [0.2, 0.25) is 0 Å². The van der Waals surface area contributed by atoms with Crippen LogP contribution in [0.4, 0.5) is 0 Å². The highest BCUT2D eigenvalue weighted by molar-refractivity contribution is 5.77. The average molecular weight is 361 g/mol. The molecule has 1 aromatic rings. The van der Waals surface area contributed by atoms with Crippen LogP contribution in [0.25, 0.3) is 0 Å². The first-order chi connectivity index (χ1) is 12.7. The molecule has 1 amide bonds. The van der Waals surface area contributed by atoms with Gasteiger partial charge in [0.25, 0.3) is 0 Å². The minimum atomic E-state index is 0.259. The van der Waals surface area contributed by atoms with Crippen LogP contribution >= 0.6 is 0 Å². The topological polar surface area (TPSA) is 63.5 Å². The molecule has 0 radical (unpaired) electrons. The summed E-state index contributed by atoms with van der Waals surface area (Å²) in [5, 5.41) is 8.31. The summed E-state index contributed by atoms with van der Waals surface area (Å²) in [6.07, 6.45) is 8.40. The highest BCUT2D eigenvalue weighted by atomic mass is 16.5. The highest BCUT2D eigenvalue weighted by Crippen LogP contribution is 2.40. The van der Waals surface area contributed by atoms with Crippen LogP contribution in [0.15, 0.2) is 6.33 Å². The third kappa shape index (κ3) is 3.78. The van der Waals surface area contributed by atoms with Gasteiger partial charge in [-0.15, -0.1) is 10.2 Å². The fraction of sp³-hybridized carbons (Fsp3) is 0.842. The van der Waals surface area contributed by atoms with Gasteiger partial charge in [-0.25, -0.2) is 0 Å². The van der Waals surface area contributed by atoms with Crippen molar-refractivity contribution < 1.29 is 9.53 Å². The lowest BCUT2D eigenvalue weighted by Crippen LogP contribution is -2.52. The molecule has 7 nitrogen and oxygen atoms in total. The van der Waals surface area contributed by atoms with Gasteiger partial charge in [0.2, 0.25) is 5.91 Å². The molecule has 7 heteroatoms. The molecule has 1 aromatic heterocycles. The number of rotatable bonds is 5. The maximum atomic E-state index is 12.4. The highest BCUT2D eigenvalue weighted by Gasteiger charge is 2.41. The lowest BCUT2D eigenvalue weighted by Gasteiger charge is -2.47. The van der Waals surface area contributed by atoms with E-state index in [1.54, 1.807) is 0 Å². The summed E-state index contributed by atoms with van der Waals surface area (Å²) in [6.45, 7) is 8.66. The van der Waals surface area contributed by atoms with Gasteiger partial charge in [0.15, 0.2) is 0 Å². The van der Waals surface area contributed by atoms with Crippen LogP contribution in [0.3, 0.4) is 0 Å². The molecule has 1 atom stereocenters. The van der Waals surface area contributed by atoms with Gasteiger partial charge in [0.05, 0.1) is 12.6 Å². The molecule has 0 saturated carbocycles. The van der Waals surface area contributed by atoms with Crippen LogP contribution < -0.4 is 0 Å². The van der Waals surface area contributed by atoms with Crippen molar-refractivity contribution in [2.24, 2.45) is 5.41 Å². The van der Waals surface area contributed by atoms with E-state index >= 15 is 0 Å². The third-order valence-corrected chi connectivity index (χ3v) is 6.51. The Bertz CT molecular complexity index is 617. The Morgan fingerprint density at radius 3 is 2.88 bits per heavy atom. The van der Waals surface area contributed by atoms with Gasteiger partial charge in [-0.2, -0.15) is 0 Å². The molecule has 26 heavy (non-hydrogen) atoms. The number of aryl methyl sites for hydroxylation is 1. The van der Waals surface area contributed by atoms with E-state index in [1.165, 1.54) is 12.8 Å². The fourth-order valence-corrected chi connectivity index (χ4v) is 4.76. The van der Waals surface area contributed by atoms with Gasteiger partial charge in [0, 0.05) is 32.7 Å². The van der Waals surface area contributed by atoms with Crippen LogP contribution in [-0.2, 0) is 22.6 Å². The molecule has 4 heterocycles. The second kappa shape index (κ2) is 7.64. The lowest BCUT2D eigenvalue weighted by molar-refractivity contribution is -0.141. The molecular weight excluding hydrogens is 330 g/mol. The molecular formula is C19H31N5O2. The van der Waals surface area contributed by atoms with Crippen molar-refractivity contribution >= 4 is 5.91 Å². The summed E-state index contributed by atoms with van der Waals surface area (Å²) in [5.41, 5.74) is 0.307. The summed E-state index contributed by atoms with van der Waals surface area (Å²) in [7, 11) is 0. The van der Waals surface area contributed by atoms with E-state index in [-0.39, 0.29) is 6.10 Å². The van der Waals surface area contributed by atoms with Gasteiger partial charge in [-0.1, -0.05) is 0 Å². The summed E-state index contributed by atoms with van der Waals surface area (Å²) >= 11 is 0. The maximum Gasteiger partial charge on any atom is 0.222 e. The average Bonchev–Trinajstić information content (AvgIpc) is 3.32. The zero-order valence-corrected chi connectivity index (χ0v) is 15.9. The van der Waals surface area contributed by atoms with E-state index in [4.69, 9.17) is 4.74 Å². The number of hydrogen-bond acceptors (Lipinski definition) is 5. The first-order valence-corrected chi connectivity index (χ1v) is 10.2. The zero-order chi connectivity index (χ0) is 18.0. The first kappa shape index (κ1) is 17.9. The van der Waals surface area contributed by atoms with Gasteiger partial charge in [0.1, 0.15) is 12.2 Å². The normalized spacial score (nSPS) is 26.7. The molecule has 1 unspecified atom stereocenters. The molecule has 144 valence electrons. The van der Waals surface area contributed by atoms with Crippen LogP contribution in [0, 0.1) is 5.41 Å². The molecule has 0 aliphatic carbocycles. The van der Waals surface area contributed by atoms with E-state index in [1.807, 2.05) is 6.33 Å². The molecule has 0 aromatic carbocycles. The Hall–Kier alpha value is -1.47. The number of hydrogen-bond donors (Lipinski definition) is 0. The number of carbonyl (C=O) groups is 1. The number of aromatic nitrogens is 3. The van der Waals surface area contributed by atoms with Crippen LogP contribution in [0.5, 0.6) is 0 Å². The van der Waals surface area contributed by atoms with E-state index in [0.717, 1.165) is 71.0 Å². The number of ether oxygens (including phenoxy) is 1. The van der Waals surface area contributed by atoms with Gasteiger partial charge >= 0.3 is 0 Å². The smallest absolute Gasteiger partial charge is 0.222 e. The fourth-order valence-electron chi connectivity index (χ4n) is 4.76. The van der Waals surface area contributed by atoms with Gasteiger partial charge < -0.3 is 14.2 Å². The van der Waals surface area contributed by atoms with Gasteiger partial charge in [-0.05, 0) is 57.5 Å². The Morgan fingerprint density at radius 2 is 2.15 bits per heavy atom. The second-order valence-electron chi connectivity index (χ2n) is 8.22. The maximum absolute atomic E-state index is 12.4. The Balaban J connectivity index is 1.33. The summed E-state index contributed by atoms with van der Waals surface area (Å²) in [4.78, 5) is 17.0. The Kier molecular flexibility index (Phi) is 5.27. The summed E-state index contributed by atoms with van der Waals surface area (Å²) in [6, 6.07) is 0. The number of likely N-dealkylation sites (tertiary alicyclic amines) is 2. The Labute approximate surface area is 155 Å². The van der Waals surface area contributed by atoms with Crippen molar-refractivity contribution in [3.8, 4) is 0 Å². The molecule has 3 saturated heterocycles. The molecule has 1 spiro atoms. The van der Waals surface area contributed by atoms with E-state index < -0.39 is 0 Å². The molecule has 3 aliphatic heterocycles. The van der Waals surface area contributed by atoms with E-state index in [0.29, 0.717) is 17.7 Å². The minimum Gasteiger partial charge on any atom is -0.376 e.